The number of hydrogen-bond donors (Lipinski definition) is 2. The third-order valence-corrected chi connectivity index (χ3v) is 3.25. The van der Waals surface area contributed by atoms with Gasteiger partial charge in [0.1, 0.15) is 11.5 Å². The molecule has 0 unspecified atom stereocenters. The Kier molecular flexibility index (Phi) is 4.74. The molecule has 0 aliphatic heterocycles. The van der Waals surface area contributed by atoms with E-state index in [0.29, 0.717) is 11.6 Å². The summed E-state index contributed by atoms with van der Waals surface area (Å²) in [5.41, 5.74) is 1.86. The van der Waals surface area contributed by atoms with Gasteiger partial charge in [-0.15, -0.1) is 0 Å². The van der Waals surface area contributed by atoms with Crippen molar-refractivity contribution in [1.82, 2.24) is 15.6 Å². The van der Waals surface area contributed by atoms with E-state index in [1.165, 1.54) is 0 Å². The van der Waals surface area contributed by atoms with Crippen LogP contribution in [0.2, 0.25) is 0 Å². The van der Waals surface area contributed by atoms with E-state index in [1.807, 2.05) is 20.8 Å². The van der Waals surface area contributed by atoms with Gasteiger partial charge in [-0.05, 0) is 27.2 Å². The van der Waals surface area contributed by atoms with E-state index < -0.39 is 0 Å². The zero-order chi connectivity index (χ0) is 15.4. The van der Waals surface area contributed by atoms with Crippen LogP contribution in [0.5, 0.6) is 0 Å². The minimum atomic E-state index is -0.173. The lowest BCUT2D eigenvalue weighted by molar-refractivity contribution is -0.115. The third-order valence-electron chi connectivity index (χ3n) is 3.25. The van der Waals surface area contributed by atoms with Crippen molar-refractivity contribution in [3.63, 3.8) is 0 Å². The second kappa shape index (κ2) is 6.53. The van der Waals surface area contributed by atoms with Crippen LogP contribution in [0.25, 0.3) is 0 Å². The summed E-state index contributed by atoms with van der Waals surface area (Å²) in [6, 6.07) is 1.70. The van der Waals surface area contributed by atoms with Gasteiger partial charge in [-0.3, -0.25) is 4.79 Å². The van der Waals surface area contributed by atoms with Gasteiger partial charge in [0.05, 0.1) is 12.2 Å². The summed E-state index contributed by atoms with van der Waals surface area (Å²) in [6.07, 6.45) is 0.833. The lowest BCUT2D eigenvalue weighted by Crippen LogP contribution is -2.31. The number of rotatable bonds is 6. The molecule has 0 aliphatic carbocycles. The van der Waals surface area contributed by atoms with Crippen LogP contribution < -0.4 is 10.6 Å². The van der Waals surface area contributed by atoms with Crippen molar-refractivity contribution in [2.24, 2.45) is 0 Å². The van der Waals surface area contributed by atoms with Crippen LogP contribution in [0.3, 0.4) is 0 Å². The molecule has 0 aliphatic rings. The fourth-order valence-corrected chi connectivity index (χ4v) is 2.27. The maximum absolute atomic E-state index is 11.9. The highest BCUT2D eigenvalue weighted by Crippen LogP contribution is 2.23. The van der Waals surface area contributed by atoms with Crippen molar-refractivity contribution in [1.29, 1.82) is 0 Å². The van der Waals surface area contributed by atoms with Crippen LogP contribution in [-0.4, -0.2) is 22.8 Å². The van der Waals surface area contributed by atoms with E-state index in [9.17, 15) is 4.79 Å². The molecule has 0 aromatic carbocycles. The molecular weight excluding hydrogens is 272 g/mol. The maximum atomic E-state index is 11.9. The van der Waals surface area contributed by atoms with Crippen molar-refractivity contribution in [2.75, 3.05) is 11.9 Å². The van der Waals surface area contributed by atoms with Gasteiger partial charge in [-0.1, -0.05) is 17.2 Å². The van der Waals surface area contributed by atoms with Gasteiger partial charge in [0.15, 0.2) is 5.82 Å². The molecule has 0 fully saturated rings. The minimum absolute atomic E-state index is 0.0287. The van der Waals surface area contributed by atoms with Crippen LogP contribution in [0.4, 0.5) is 5.82 Å². The van der Waals surface area contributed by atoms with Gasteiger partial charge in [0.25, 0.3) is 0 Å². The highest BCUT2D eigenvalue weighted by Gasteiger charge is 2.19. The van der Waals surface area contributed by atoms with Crippen molar-refractivity contribution in [2.45, 2.75) is 40.2 Å². The number of carbonyl (C=O) groups excluding carboxylic acids is 1. The number of amides is 1. The second-order valence-corrected chi connectivity index (χ2v) is 4.95. The summed E-state index contributed by atoms with van der Waals surface area (Å²) >= 11 is 0. The average molecular weight is 292 g/mol. The summed E-state index contributed by atoms with van der Waals surface area (Å²) in [5, 5.41) is 13.5. The number of nitrogens with zero attached hydrogens (tertiary/aromatic N) is 2. The van der Waals surface area contributed by atoms with Crippen LogP contribution in [0.15, 0.2) is 15.1 Å². The summed E-state index contributed by atoms with van der Waals surface area (Å²) < 4.78 is 10.1. The Morgan fingerprint density at radius 3 is 2.57 bits per heavy atom. The molecule has 0 radical (unpaired) electrons. The molecule has 2 aromatic rings. The summed E-state index contributed by atoms with van der Waals surface area (Å²) in [5.74, 6) is 1.68. The molecule has 7 nitrogen and oxygen atoms in total. The first-order valence-electron chi connectivity index (χ1n) is 6.90. The molecule has 21 heavy (non-hydrogen) atoms. The summed E-state index contributed by atoms with van der Waals surface area (Å²) in [4.78, 5) is 11.9. The van der Waals surface area contributed by atoms with Crippen molar-refractivity contribution in [3.8, 4) is 0 Å². The molecule has 7 heteroatoms. The number of aromatic nitrogens is 2. The summed E-state index contributed by atoms with van der Waals surface area (Å²) in [6.45, 7) is 7.76. The van der Waals surface area contributed by atoms with Crippen molar-refractivity contribution >= 4 is 11.7 Å². The van der Waals surface area contributed by atoms with Gasteiger partial charge in [0.2, 0.25) is 5.91 Å². The highest BCUT2D eigenvalue weighted by atomic mass is 16.5. The van der Waals surface area contributed by atoms with Gasteiger partial charge in [-0.25, -0.2) is 0 Å². The maximum Gasteiger partial charge on any atom is 0.239 e. The van der Waals surface area contributed by atoms with E-state index in [0.717, 1.165) is 23.4 Å². The molecule has 2 heterocycles. The number of nitrogens with one attached hydrogen (secondary N) is 2. The predicted molar refractivity (Wildman–Crippen MR) is 76.9 cm³/mol. The van der Waals surface area contributed by atoms with E-state index in [2.05, 4.69) is 20.9 Å². The van der Waals surface area contributed by atoms with E-state index in [4.69, 9.17) is 9.05 Å². The molecule has 2 aromatic heterocycles. The van der Waals surface area contributed by atoms with Crippen LogP contribution in [0.1, 0.15) is 42.2 Å². The smallest absolute Gasteiger partial charge is 0.239 e. The number of aryl methyl sites for hydroxylation is 3. The van der Waals surface area contributed by atoms with E-state index >= 15 is 0 Å². The summed E-state index contributed by atoms with van der Waals surface area (Å²) in [7, 11) is 0. The molecule has 1 amide bonds. The predicted octanol–water partition coefficient (Wildman–Crippen LogP) is 2.27. The number of hydrogen-bond acceptors (Lipinski definition) is 6. The zero-order valence-corrected chi connectivity index (χ0v) is 12.7. The van der Waals surface area contributed by atoms with Crippen LogP contribution in [0, 0.1) is 20.8 Å². The lowest BCUT2D eigenvalue weighted by atomic mass is 10.0. The Labute approximate surface area is 123 Å². The third kappa shape index (κ3) is 3.69. The van der Waals surface area contributed by atoms with E-state index in [-0.39, 0.29) is 18.5 Å². The van der Waals surface area contributed by atoms with Crippen LogP contribution >= 0.6 is 0 Å². The van der Waals surface area contributed by atoms with E-state index in [1.54, 1.807) is 13.0 Å². The molecule has 0 bridgehead atoms. The molecule has 0 saturated heterocycles. The molecule has 1 atom stereocenters. The zero-order valence-electron chi connectivity index (χ0n) is 12.7. The average Bonchev–Trinajstić information content (AvgIpc) is 2.99. The quantitative estimate of drug-likeness (QED) is 0.848. The highest BCUT2D eigenvalue weighted by molar-refractivity contribution is 5.91. The van der Waals surface area contributed by atoms with Gasteiger partial charge >= 0.3 is 0 Å². The first kappa shape index (κ1) is 15.2. The normalized spacial score (nSPS) is 12.4. The monoisotopic (exact) mass is 292 g/mol. The van der Waals surface area contributed by atoms with Gasteiger partial charge in [-0.2, -0.15) is 0 Å². The SMILES string of the molecule is CC[C@@H](NCC(=O)Nc1cc(C)on1)c1c(C)noc1C. The topological polar surface area (TPSA) is 93.2 Å². The Bertz CT molecular complexity index is 598. The second-order valence-electron chi connectivity index (χ2n) is 4.95. The molecule has 2 rings (SSSR count). The fraction of sp³-hybridized carbons (Fsp3) is 0.500. The first-order chi connectivity index (χ1) is 10.0. The molecular formula is C14H20N4O3. The molecule has 0 spiro atoms. The number of carbonyl (C=O) groups is 1. The Morgan fingerprint density at radius 1 is 1.29 bits per heavy atom. The van der Waals surface area contributed by atoms with Crippen molar-refractivity contribution < 1.29 is 13.8 Å². The Morgan fingerprint density at radius 2 is 2.05 bits per heavy atom. The minimum Gasteiger partial charge on any atom is -0.361 e. The molecule has 2 N–H and O–H groups in total. The Hall–Kier alpha value is -2.15. The fourth-order valence-electron chi connectivity index (χ4n) is 2.27. The first-order valence-corrected chi connectivity index (χ1v) is 6.90. The van der Waals surface area contributed by atoms with Crippen LogP contribution in [-0.2, 0) is 4.79 Å². The molecule has 0 saturated carbocycles. The van der Waals surface area contributed by atoms with Gasteiger partial charge < -0.3 is 19.7 Å². The largest absolute Gasteiger partial charge is 0.361 e. The standard InChI is InChI=1S/C14H20N4O3/c1-5-11(14-9(3)17-21-10(14)4)15-7-13(19)16-12-6-8(2)20-18-12/h6,11,15H,5,7H2,1-4H3,(H,16,18,19)/t11-/m1/s1. The van der Waals surface area contributed by atoms with Crippen molar-refractivity contribution in [3.05, 3.63) is 28.8 Å². The Balaban J connectivity index is 1.93. The number of anilines is 1. The van der Waals surface area contributed by atoms with Gasteiger partial charge in [0, 0.05) is 17.7 Å². The molecule has 114 valence electrons. The lowest BCUT2D eigenvalue weighted by Gasteiger charge is -2.16.